The van der Waals surface area contributed by atoms with Gasteiger partial charge in [-0.1, -0.05) is 29.3 Å². The van der Waals surface area contributed by atoms with Crippen LogP contribution in [0.25, 0.3) is 6.08 Å². The van der Waals surface area contributed by atoms with Crippen LogP contribution >= 0.6 is 11.6 Å². The van der Waals surface area contributed by atoms with Crippen LogP contribution in [0.15, 0.2) is 66.4 Å². The number of carbonyl (C=O) groups excluding carboxylic acids is 3. The molecule has 1 aliphatic heterocycles. The van der Waals surface area contributed by atoms with Crippen LogP contribution < -0.4 is 20.1 Å². The Bertz CT molecular complexity index is 1490. The van der Waals surface area contributed by atoms with Gasteiger partial charge < -0.3 is 20.1 Å². The topological polar surface area (TPSA) is 140 Å². The Morgan fingerprint density at radius 2 is 1.80 bits per heavy atom. The molecule has 1 aliphatic rings. The Hall–Kier alpha value is -4.90. The predicted octanol–water partition coefficient (Wildman–Crippen LogP) is 5.07. The summed E-state index contributed by atoms with van der Waals surface area (Å²) in [7, 11) is 0. The zero-order valence-electron chi connectivity index (χ0n) is 21.6. The number of amides is 4. The number of aryl methyl sites for hydroxylation is 1. The Balaban J connectivity index is 1.47. The summed E-state index contributed by atoms with van der Waals surface area (Å²) in [5.41, 5.74) is 2.64. The van der Waals surface area contributed by atoms with Crippen LogP contribution in [0.5, 0.6) is 11.5 Å². The van der Waals surface area contributed by atoms with Crippen molar-refractivity contribution >= 4 is 46.9 Å². The summed E-state index contributed by atoms with van der Waals surface area (Å²) < 4.78 is 11.5. The molecule has 0 bridgehead atoms. The third-order valence-electron chi connectivity index (χ3n) is 5.77. The van der Waals surface area contributed by atoms with Crippen LogP contribution in [0, 0.1) is 17.0 Å². The number of hydrogen-bond acceptors (Lipinski definition) is 7. The van der Waals surface area contributed by atoms with E-state index in [-0.39, 0.29) is 28.8 Å². The fraction of sp³-hybridized carbons (Fsp3) is 0.179. The summed E-state index contributed by atoms with van der Waals surface area (Å²) in [6.45, 7) is 3.60. The molecule has 0 spiro atoms. The first-order valence-corrected chi connectivity index (χ1v) is 12.6. The summed E-state index contributed by atoms with van der Waals surface area (Å²) in [5, 5.41) is 16.2. The van der Waals surface area contributed by atoms with Gasteiger partial charge in [0.1, 0.15) is 18.8 Å². The maximum Gasteiger partial charge on any atom is 0.329 e. The minimum Gasteiger partial charge on any atom is -0.490 e. The highest BCUT2D eigenvalue weighted by molar-refractivity contribution is 6.32. The third kappa shape index (κ3) is 6.75. The second-order valence-electron chi connectivity index (χ2n) is 8.77. The lowest BCUT2D eigenvalue weighted by molar-refractivity contribution is -0.384. The molecular formula is C28H25ClN4O7. The number of carbonyl (C=O) groups is 3. The molecule has 0 radical (unpaired) electrons. The molecule has 0 unspecified atom stereocenters. The van der Waals surface area contributed by atoms with Gasteiger partial charge in [-0.3, -0.25) is 19.7 Å². The Kier molecular flexibility index (Phi) is 8.65. The second-order valence-corrected chi connectivity index (χ2v) is 9.18. The number of nitro benzene ring substituents is 1. The summed E-state index contributed by atoms with van der Waals surface area (Å²) in [6, 6.07) is 15.4. The molecule has 2 N–H and O–H groups in total. The highest BCUT2D eigenvalue weighted by Gasteiger charge is 2.35. The SMILES string of the molecule is CCOc1cc(/C=C2/NC(=O)N(CC(=O)Nc3ccc(C)cc3)C2=O)cc(Cl)c1OCc1ccc([N+](=O)[O-])cc1. The molecule has 40 heavy (non-hydrogen) atoms. The lowest BCUT2D eigenvalue weighted by Gasteiger charge is -2.15. The van der Waals surface area contributed by atoms with Gasteiger partial charge in [0.2, 0.25) is 5.91 Å². The number of imide groups is 1. The Morgan fingerprint density at radius 3 is 2.45 bits per heavy atom. The monoisotopic (exact) mass is 564 g/mol. The molecule has 206 valence electrons. The average Bonchev–Trinajstić information content (AvgIpc) is 3.17. The number of nitrogens with one attached hydrogen (secondary N) is 2. The smallest absolute Gasteiger partial charge is 0.329 e. The van der Waals surface area contributed by atoms with Crippen molar-refractivity contribution in [2.75, 3.05) is 18.5 Å². The molecule has 1 heterocycles. The van der Waals surface area contributed by atoms with Gasteiger partial charge in [-0.25, -0.2) is 9.69 Å². The molecule has 3 aromatic carbocycles. The van der Waals surface area contributed by atoms with E-state index in [1.165, 1.54) is 24.3 Å². The van der Waals surface area contributed by atoms with Crippen LogP contribution in [0.1, 0.15) is 23.6 Å². The van der Waals surface area contributed by atoms with Crippen molar-refractivity contribution in [3.05, 3.63) is 98.2 Å². The average molecular weight is 565 g/mol. The largest absolute Gasteiger partial charge is 0.490 e. The highest BCUT2D eigenvalue weighted by Crippen LogP contribution is 2.38. The van der Waals surface area contributed by atoms with Crippen LogP contribution in [0.2, 0.25) is 5.02 Å². The van der Waals surface area contributed by atoms with Crippen molar-refractivity contribution in [1.29, 1.82) is 0 Å². The van der Waals surface area contributed by atoms with E-state index in [9.17, 15) is 24.5 Å². The zero-order valence-corrected chi connectivity index (χ0v) is 22.4. The number of ether oxygens (including phenoxy) is 2. The summed E-state index contributed by atoms with van der Waals surface area (Å²) in [5.74, 6) is -0.642. The third-order valence-corrected chi connectivity index (χ3v) is 6.05. The quantitative estimate of drug-likeness (QED) is 0.152. The molecule has 0 aliphatic carbocycles. The number of halogens is 1. The minimum absolute atomic E-state index is 0.0341. The van der Waals surface area contributed by atoms with Crippen LogP contribution in [-0.4, -0.2) is 40.8 Å². The maximum atomic E-state index is 12.9. The molecule has 0 atom stereocenters. The number of urea groups is 1. The molecule has 11 nitrogen and oxygen atoms in total. The molecule has 0 aromatic heterocycles. The maximum absolute atomic E-state index is 12.9. The van der Waals surface area contributed by atoms with E-state index in [2.05, 4.69) is 10.6 Å². The van der Waals surface area contributed by atoms with Crippen LogP contribution in [0.3, 0.4) is 0 Å². The molecule has 4 amide bonds. The van der Waals surface area contributed by atoms with E-state index in [0.29, 0.717) is 29.2 Å². The number of anilines is 1. The van der Waals surface area contributed by atoms with Gasteiger partial charge in [0.05, 0.1) is 16.6 Å². The van der Waals surface area contributed by atoms with Gasteiger partial charge in [-0.05, 0) is 67.4 Å². The van der Waals surface area contributed by atoms with Crippen LogP contribution in [-0.2, 0) is 16.2 Å². The fourth-order valence-electron chi connectivity index (χ4n) is 3.81. The van der Waals surface area contributed by atoms with Gasteiger partial charge >= 0.3 is 6.03 Å². The van der Waals surface area contributed by atoms with E-state index in [0.717, 1.165) is 10.5 Å². The standard InChI is InChI=1S/C28H25ClN4O7/c1-3-39-24-14-19(12-22(29)26(24)40-16-18-6-10-21(11-7-18)33(37)38)13-23-27(35)32(28(36)31-23)15-25(34)30-20-8-4-17(2)5-9-20/h4-14H,3,15-16H2,1-2H3,(H,30,34)(H,31,36)/b23-13+. The minimum atomic E-state index is -0.727. The molecule has 1 saturated heterocycles. The van der Waals surface area contributed by atoms with E-state index in [1.54, 1.807) is 37.3 Å². The van der Waals surface area contributed by atoms with E-state index in [4.69, 9.17) is 21.1 Å². The Labute approximate surface area is 234 Å². The van der Waals surface area contributed by atoms with Crippen molar-refractivity contribution in [3.63, 3.8) is 0 Å². The highest BCUT2D eigenvalue weighted by atomic mass is 35.5. The normalized spacial score (nSPS) is 13.8. The first kappa shape index (κ1) is 28.1. The van der Waals surface area contributed by atoms with Gasteiger partial charge in [-0.15, -0.1) is 0 Å². The summed E-state index contributed by atoms with van der Waals surface area (Å²) >= 11 is 6.48. The summed E-state index contributed by atoms with van der Waals surface area (Å²) in [4.78, 5) is 49.0. The first-order valence-electron chi connectivity index (χ1n) is 12.2. The van der Waals surface area contributed by atoms with Crippen LogP contribution in [0.4, 0.5) is 16.2 Å². The summed E-state index contributed by atoms with van der Waals surface area (Å²) in [6.07, 6.45) is 1.42. The lowest BCUT2D eigenvalue weighted by atomic mass is 10.1. The molecule has 3 aromatic rings. The van der Waals surface area contributed by atoms with Gasteiger partial charge in [0.25, 0.3) is 11.6 Å². The first-order chi connectivity index (χ1) is 19.1. The van der Waals surface area contributed by atoms with Gasteiger partial charge in [-0.2, -0.15) is 0 Å². The van der Waals surface area contributed by atoms with E-state index < -0.39 is 29.3 Å². The molecule has 0 saturated carbocycles. The Morgan fingerprint density at radius 1 is 1.10 bits per heavy atom. The van der Waals surface area contributed by atoms with Gasteiger partial charge in [0.15, 0.2) is 11.5 Å². The number of hydrogen-bond donors (Lipinski definition) is 2. The van der Waals surface area contributed by atoms with Gasteiger partial charge in [0, 0.05) is 17.8 Å². The fourth-order valence-corrected chi connectivity index (χ4v) is 4.08. The molecule has 12 heteroatoms. The lowest BCUT2D eigenvalue weighted by Crippen LogP contribution is -2.38. The van der Waals surface area contributed by atoms with Crippen molar-refractivity contribution in [1.82, 2.24) is 10.2 Å². The number of rotatable bonds is 10. The van der Waals surface area contributed by atoms with Crippen molar-refractivity contribution in [2.24, 2.45) is 0 Å². The molecule has 4 rings (SSSR count). The molecule has 1 fully saturated rings. The van der Waals surface area contributed by atoms with E-state index in [1.807, 2.05) is 19.1 Å². The number of benzene rings is 3. The van der Waals surface area contributed by atoms with Crippen molar-refractivity contribution < 1.29 is 28.8 Å². The van der Waals surface area contributed by atoms with E-state index >= 15 is 0 Å². The van der Waals surface area contributed by atoms with Crippen molar-refractivity contribution in [3.8, 4) is 11.5 Å². The predicted molar refractivity (Wildman–Crippen MR) is 148 cm³/mol. The second kappa shape index (κ2) is 12.3. The number of nitrogens with zero attached hydrogens (tertiary/aromatic N) is 2. The number of nitro groups is 1. The number of non-ortho nitro benzene ring substituents is 1. The molecular weight excluding hydrogens is 540 g/mol. The van der Waals surface area contributed by atoms with Crippen molar-refractivity contribution in [2.45, 2.75) is 20.5 Å². The zero-order chi connectivity index (χ0) is 28.8.